The summed E-state index contributed by atoms with van der Waals surface area (Å²) in [5.74, 6) is 3.81. The van der Waals surface area contributed by atoms with E-state index in [4.69, 9.17) is 9.47 Å². The van der Waals surface area contributed by atoms with Crippen molar-refractivity contribution >= 4 is 5.97 Å². The second-order valence-electron chi connectivity index (χ2n) is 8.92. The summed E-state index contributed by atoms with van der Waals surface area (Å²) in [7, 11) is 0. The third-order valence-corrected chi connectivity index (χ3v) is 7.40. The Morgan fingerprint density at radius 1 is 0.964 bits per heavy atom. The quantitative estimate of drug-likeness (QED) is 0.589. The fourth-order valence-electron chi connectivity index (χ4n) is 6.04. The molecule has 0 radical (unpaired) electrons. The molecule has 28 heavy (non-hydrogen) atoms. The largest absolute Gasteiger partial charge is 0.460 e. The van der Waals surface area contributed by atoms with Gasteiger partial charge in [-0.25, -0.2) is 0 Å². The molecule has 4 bridgehead atoms. The molecule has 0 aromatic heterocycles. The molecule has 146 valence electrons. The van der Waals surface area contributed by atoms with Crippen molar-refractivity contribution in [3.8, 4) is 11.5 Å². The van der Waals surface area contributed by atoms with E-state index in [1.165, 1.54) is 32.1 Å². The van der Waals surface area contributed by atoms with Crippen LogP contribution in [0.1, 0.15) is 50.5 Å². The Hall–Kier alpha value is -2.29. The van der Waals surface area contributed by atoms with E-state index in [9.17, 15) is 4.79 Å². The maximum Gasteiger partial charge on any atom is 0.312 e. The molecule has 2 aromatic rings. The van der Waals surface area contributed by atoms with Crippen LogP contribution in [-0.2, 0) is 16.1 Å². The molecule has 4 atom stereocenters. The van der Waals surface area contributed by atoms with Gasteiger partial charge in [0.2, 0.25) is 0 Å². The van der Waals surface area contributed by atoms with E-state index in [1.807, 2.05) is 54.6 Å². The highest BCUT2D eigenvalue weighted by molar-refractivity contribution is 5.78. The molecule has 3 aliphatic rings. The molecule has 0 unspecified atom stereocenters. The molecule has 0 saturated heterocycles. The van der Waals surface area contributed by atoms with Crippen LogP contribution in [0.15, 0.2) is 54.6 Å². The molecule has 5 rings (SSSR count). The lowest BCUT2D eigenvalue weighted by Gasteiger charge is -2.47. The zero-order chi connectivity index (χ0) is 19.0. The fraction of sp³-hybridized carbons (Fsp3) is 0.480. The van der Waals surface area contributed by atoms with Crippen LogP contribution in [0.3, 0.4) is 0 Å². The molecule has 0 spiro atoms. The van der Waals surface area contributed by atoms with Gasteiger partial charge in [0.15, 0.2) is 0 Å². The molecule has 3 aliphatic carbocycles. The molecule has 3 fully saturated rings. The van der Waals surface area contributed by atoms with Gasteiger partial charge in [0.1, 0.15) is 18.1 Å². The number of para-hydroxylation sites is 1. The van der Waals surface area contributed by atoms with Gasteiger partial charge >= 0.3 is 5.97 Å². The number of ether oxygens (including phenoxy) is 2. The molecule has 2 aromatic carbocycles. The van der Waals surface area contributed by atoms with Gasteiger partial charge in [0, 0.05) is 0 Å². The van der Waals surface area contributed by atoms with E-state index in [0.717, 1.165) is 41.7 Å². The molecule has 0 N–H and O–H groups in total. The molecule has 3 heteroatoms. The summed E-state index contributed by atoms with van der Waals surface area (Å²) in [5, 5.41) is 0. The number of hydrogen-bond acceptors (Lipinski definition) is 3. The average molecular weight is 376 g/mol. The number of fused-ring (bicyclic) bond motifs is 6. The van der Waals surface area contributed by atoms with Crippen molar-refractivity contribution in [2.75, 3.05) is 0 Å². The van der Waals surface area contributed by atoms with Gasteiger partial charge in [-0.2, -0.15) is 0 Å². The van der Waals surface area contributed by atoms with Crippen molar-refractivity contribution in [3.05, 3.63) is 60.2 Å². The normalized spacial score (nSPS) is 30.6. The summed E-state index contributed by atoms with van der Waals surface area (Å²) < 4.78 is 11.8. The second kappa shape index (κ2) is 7.27. The standard InChI is InChI=1S/C25H28O3/c26-24(25-13-5-7-20(16-25)19-11-12-21(25)15-19)27-17-18-6-4-10-23(14-18)28-22-8-2-1-3-9-22/h1-4,6,8-10,14,19-21H,5,7,11-13,15-17H2/t19-,20-,21+,25-/m1/s1. The van der Waals surface area contributed by atoms with Crippen LogP contribution in [0, 0.1) is 23.2 Å². The summed E-state index contributed by atoms with van der Waals surface area (Å²) in [6.07, 6.45) is 8.38. The third-order valence-electron chi connectivity index (χ3n) is 7.40. The van der Waals surface area contributed by atoms with Crippen molar-refractivity contribution in [3.63, 3.8) is 0 Å². The molecular formula is C25H28O3. The minimum absolute atomic E-state index is 0.0527. The number of carbonyl (C=O) groups is 1. The lowest BCUT2D eigenvalue weighted by Crippen LogP contribution is -2.46. The summed E-state index contributed by atoms with van der Waals surface area (Å²) in [6, 6.07) is 17.6. The summed E-state index contributed by atoms with van der Waals surface area (Å²) in [6.45, 7) is 0.327. The first-order valence-electron chi connectivity index (χ1n) is 10.7. The zero-order valence-electron chi connectivity index (χ0n) is 16.3. The topological polar surface area (TPSA) is 35.5 Å². The minimum Gasteiger partial charge on any atom is -0.460 e. The Balaban J connectivity index is 1.26. The monoisotopic (exact) mass is 376 g/mol. The fourth-order valence-corrected chi connectivity index (χ4v) is 6.04. The summed E-state index contributed by atoms with van der Waals surface area (Å²) in [5.41, 5.74) is 0.777. The minimum atomic E-state index is -0.200. The first-order chi connectivity index (χ1) is 13.7. The smallest absolute Gasteiger partial charge is 0.312 e. The Bertz CT molecular complexity index is 846. The summed E-state index contributed by atoms with van der Waals surface area (Å²) in [4.78, 5) is 13.2. The van der Waals surface area contributed by atoms with Gasteiger partial charge in [-0.3, -0.25) is 4.79 Å². The maximum atomic E-state index is 13.2. The van der Waals surface area contributed by atoms with Gasteiger partial charge in [-0.1, -0.05) is 43.2 Å². The Kier molecular flexibility index (Phi) is 4.62. The predicted molar refractivity (Wildman–Crippen MR) is 108 cm³/mol. The van der Waals surface area contributed by atoms with Gasteiger partial charge < -0.3 is 9.47 Å². The number of benzene rings is 2. The van der Waals surface area contributed by atoms with Gasteiger partial charge in [-0.15, -0.1) is 0 Å². The van der Waals surface area contributed by atoms with E-state index < -0.39 is 0 Å². The van der Waals surface area contributed by atoms with E-state index in [2.05, 4.69) is 0 Å². The van der Waals surface area contributed by atoms with E-state index >= 15 is 0 Å². The highest BCUT2D eigenvalue weighted by Crippen LogP contribution is 2.61. The molecule has 0 amide bonds. The van der Waals surface area contributed by atoms with Gasteiger partial charge in [-0.05, 0) is 79.7 Å². The van der Waals surface area contributed by atoms with Crippen LogP contribution in [0.25, 0.3) is 0 Å². The van der Waals surface area contributed by atoms with Crippen LogP contribution in [0.4, 0.5) is 0 Å². The first-order valence-corrected chi connectivity index (χ1v) is 10.7. The van der Waals surface area contributed by atoms with E-state index in [0.29, 0.717) is 12.5 Å². The van der Waals surface area contributed by atoms with E-state index in [-0.39, 0.29) is 11.4 Å². The highest BCUT2D eigenvalue weighted by Gasteiger charge is 2.57. The molecule has 3 saturated carbocycles. The maximum absolute atomic E-state index is 13.2. The van der Waals surface area contributed by atoms with Crippen LogP contribution < -0.4 is 4.74 Å². The van der Waals surface area contributed by atoms with Crippen molar-refractivity contribution < 1.29 is 14.3 Å². The number of hydrogen-bond donors (Lipinski definition) is 0. The molecule has 0 aliphatic heterocycles. The van der Waals surface area contributed by atoms with Crippen molar-refractivity contribution in [1.82, 2.24) is 0 Å². The van der Waals surface area contributed by atoms with Crippen molar-refractivity contribution in [2.45, 2.75) is 51.6 Å². The highest BCUT2D eigenvalue weighted by atomic mass is 16.5. The Morgan fingerprint density at radius 2 is 1.82 bits per heavy atom. The predicted octanol–water partition coefficient (Wildman–Crippen LogP) is 6.13. The van der Waals surface area contributed by atoms with Crippen molar-refractivity contribution in [2.24, 2.45) is 23.2 Å². The molecular weight excluding hydrogens is 348 g/mol. The molecule has 3 nitrogen and oxygen atoms in total. The van der Waals surface area contributed by atoms with Crippen LogP contribution >= 0.6 is 0 Å². The number of esters is 1. The lowest BCUT2D eigenvalue weighted by molar-refractivity contribution is -0.168. The Morgan fingerprint density at radius 3 is 2.71 bits per heavy atom. The SMILES string of the molecule is O=C(OCc1cccc(Oc2ccccc2)c1)[C@]12CCC[C@H](C1)[C@@H]1CC[C@H]2C1. The van der Waals surface area contributed by atoms with Crippen LogP contribution in [0.2, 0.25) is 0 Å². The van der Waals surface area contributed by atoms with Crippen LogP contribution in [-0.4, -0.2) is 5.97 Å². The van der Waals surface area contributed by atoms with Crippen LogP contribution in [0.5, 0.6) is 11.5 Å². The number of carbonyl (C=O) groups excluding carboxylic acids is 1. The van der Waals surface area contributed by atoms with E-state index in [1.54, 1.807) is 0 Å². The summed E-state index contributed by atoms with van der Waals surface area (Å²) >= 11 is 0. The van der Waals surface area contributed by atoms with Crippen molar-refractivity contribution in [1.29, 1.82) is 0 Å². The zero-order valence-corrected chi connectivity index (χ0v) is 16.3. The lowest BCUT2D eigenvalue weighted by atomic mass is 9.57. The molecule has 0 heterocycles. The Labute approximate surface area is 167 Å². The van der Waals surface area contributed by atoms with Gasteiger partial charge in [0.05, 0.1) is 5.41 Å². The third kappa shape index (κ3) is 3.21. The first kappa shape index (κ1) is 17.8. The second-order valence-corrected chi connectivity index (χ2v) is 8.92. The average Bonchev–Trinajstić information content (AvgIpc) is 3.20. The van der Waals surface area contributed by atoms with Gasteiger partial charge in [0.25, 0.3) is 0 Å². The number of rotatable bonds is 5.